The SMILES string of the molecule is O=C1/C(=C\c2ccccc2)S/C(=N\N=C\c2ccccc2)N1c1ccc(O)cc1. The molecule has 0 atom stereocenters. The predicted octanol–water partition coefficient (Wildman–Crippen LogP) is 4.90. The van der Waals surface area contributed by atoms with E-state index < -0.39 is 0 Å². The van der Waals surface area contributed by atoms with Crippen LogP contribution in [0.1, 0.15) is 11.1 Å². The lowest BCUT2D eigenvalue weighted by molar-refractivity contribution is -0.113. The molecule has 1 saturated heterocycles. The van der Waals surface area contributed by atoms with Gasteiger partial charge in [0.1, 0.15) is 5.75 Å². The number of nitrogens with zero attached hydrogens (tertiary/aromatic N) is 3. The summed E-state index contributed by atoms with van der Waals surface area (Å²) in [6, 6.07) is 25.7. The van der Waals surface area contributed by atoms with Crippen LogP contribution < -0.4 is 4.90 Å². The number of benzene rings is 3. The molecular formula is C23H17N3O2S. The summed E-state index contributed by atoms with van der Waals surface area (Å²) in [5.74, 6) is -0.0492. The third kappa shape index (κ3) is 4.44. The number of carbonyl (C=O) groups is 1. The fourth-order valence-corrected chi connectivity index (χ4v) is 3.69. The van der Waals surface area contributed by atoms with Crippen molar-refractivity contribution in [2.24, 2.45) is 10.2 Å². The molecule has 0 unspecified atom stereocenters. The maximum absolute atomic E-state index is 13.1. The number of hydrogen-bond donors (Lipinski definition) is 1. The molecule has 1 amide bonds. The molecule has 1 heterocycles. The summed E-state index contributed by atoms with van der Waals surface area (Å²) >= 11 is 1.27. The van der Waals surface area contributed by atoms with Crippen molar-refractivity contribution in [2.45, 2.75) is 0 Å². The smallest absolute Gasteiger partial charge is 0.271 e. The Morgan fingerprint density at radius 3 is 2.10 bits per heavy atom. The molecule has 0 bridgehead atoms. The number of amidine groups is 1. The second-order valence-electron chi connectivity index (χ2n) is 6.22. The van der Waals surface area contributed by atoms with Crippen molar-refractivity contribution >= 4 is 40.8 Å². The Hall–Kier alpha value is -3.64. The first-order chi connectivity index (χ1) is 14.2. The second kappa shape index (κ2) is 8.58. The van der Waals surface area contributed by atoms with E-state index in [1.165, 1.54) is 28.8 Å². The molecule has 0 radical (unpaired) electrons. The minimum absolute atomic E-state index is 0.133. The van der Waals surface area contributed by atoms with Crippen LogP contribution in [0, 0.1) is 0 Å². The molecule has 0 saturated carbocycles. The number of thioether (sulfide) groups is 1. The van der Waals surface area contributed by atoms with Gasteiger partial charge in [-0.25, -0.2) is 0 Å². The Bertz CT molecular complexity index is 1090. The predicted molar refractivity (Wildman–Crippen MR) is 119 cm³/mol. The Morgan fingerprint density at radius 2 is 1.45 bits per heavy atom. The van der Waals surface area contributed by atoms with Crippen molar-refractivity contribution in [1.29, 1.82) is 0 Å². The molecule has 1 fully saturated rings. The standard InChI is InChI=1S/C23H17N3O2S/c27-20-13-11-19(12-14-20)26-22(28)21(15-17-7-3-1-4-8-17)29-23(26)25-24-16-18-9-5-2-6-10-18/h1-16,27H/b21-15+,24-16+,25-23-. The van der Waals surface area contributed by atoms with Crippen LogP contribution in [0.25, 0.3) is 6.08 Å². The molecule has 1 aliphatic heterocycles. The second-order valence-corrected chi connectivity index (χ2v) is 7.23. The minimum Gasteiger partial charge on any atom is -0.508 e. The van der Waals surface area contributed by atoms with Crippen LogP contribution in [0.4, 0.5) is 5.69 Å². The van der Waals surface area contributed by atoms with Crippen LogP contribution in [-0.4, -0.2) is 22.4 Å². The zero-order valence-electron chi connectivity index (χ0n) is 15.3. The average molecular weight is 399 g/mol. The van der Waals surface area contributed by atoms with Crippen molar-refractivity contribution in [3.8, 4) is 5.75 Å². The number of phenols is 1. The van der Waals surface area contributed by atoms with Gasteiger partial charge in [0.2, 0.25) is 5.17 Å². The lowest BCUT2D eigenvalue weighted by Crippen LogP contribution is -2.28. The van der Waals surface area contributed by atoms with Crippen LogP contribution >= 0.6 is 11.8 Å². The summed E-state index contributed by atoms with van der Waals surface area (Å²) < 4.78 is 0. The van der Waals surface area contributed by atoms with E-state index in [1.807, 2.05) is 66.7 Å². The van der Waals surface area contributed by atoms with E-state index in [2.05, 4.69) is 10.2 Å². The van der Waals surface area contributed by atoms with Gasteiger partial charge < -0.3 is 5.11 Å². The van der Waals surface area contributed by atoms with Gasteiger partial charge in [-0.2, -0.15) is 5.10 Å². The number of phenolic OH excluding ortho intramolecular Hbond substituents is 1. The average Bonchev–Trinajstić information content (AvgIpc) is 3.05. The van der Waals surface area contributed by atoms with Gasteiger partial charge in [0.25, 0.3) is 5.91 Å². The third-order valence-corrected chi connectivity index (χ3v) is 5.12. The highest BCUT2D eigenvalue weighted by molar-refractivity contribution is 8.19. The fourth-order valence-electron chi connectivity index (χ4n) is 2.76. The number of amides is 1. The molecule has 5 nitrogen and oxygen atoms in total. The molecule has 0 aliphatic carbocycles. The number of rotatable bonds is 4. The molecule has 142 valence electrons. The Labute approximate surface area is 172 Å². The van der Waals surface area contributed by atoms with E-state index in [1.54, 1.807) is 18.3 Å². The fraction of sp³-hybridized carbons (Fsp3) is 0. The van der Waals surface area contributed by atoms with Crippen molar-refractivity contribution in [3.05, 3.63) is 101 Å². The van der Waals surface area contributed by atoms with E-state index in [-0.39, 0.29) is 11.7 Å². The maximum atomic E-state index is 13.1. The molecule has 6 heteroatoms. The van der Waals surface area contributed by atoms with E-state index in [9.17, 15) is 9.90 Å². The van der Waals surface area contributed by atoms with E-state index >= 15 is 0 Å². The lowest BCUT2D eigenvalue weighted by Gasteiger charge is -2.14. The van der Waals surface area contributed by atoms with Crippen molar-refractivity contribution in [1.82, 2.24) is 0 Å². The third-order valence-electron chi connectivity index (χ3n) is 4.16. The van der Waals surface area contributed by atoms with Crippen LogP contribution in [-0.2, 0) is 4.79 Å². The first-order valence-electron chi connectivity index (χ1n) is 8.95. The van der Waals surface area contributed by atoms with Crippen LogP contribution in [0.5, 0.6) is 5.75 Å². The van der Waals surface area contributed by atoms with Gasteiger partial charge in [0, 0.05) is 0 Å². The molecule has 3 aromatic rings. The summed E-state index contributed by atoms with van der Waals surface area (Å²) in [4.78, 5) is 15.1. The van der Waals surface area contributed by atoms with Crippen LogP contribution in [0.15, 0.2) is 100 Å². The molecule has 3 aromatic carbocycles. The largest absolute Gasteiger partial charge is 0.508 e. The van der Waals surface area contributed by atoms with E-state index in [0.29, 0.717) is 15.8 Å². The molecule has 1 N–H and O–H groups in total. The summed E-state index contributed by atoms with van der Waals surface area (Å²) in [5.41, 5.74) is 2.47. The molecular weight excluding hydrogens is 382 g/mol. The highest BCUT2D eigenvalue weighted by Gasteiger charge is 2.34. The molecule has 0 spiro atoms. The van der Waals surface area contributed by atoms with E-state index in [4.69, 9.17) is 0 Å². The number of carbonyl (C=O) groups excluding carboxylic acids is 1. The van der Waals surface area contributed by atoms with Gasteiger partial charge in [-0.3, -0.25) is 9.69 Å². The lowest BCUT2D eigenvalue weighted by atomic mass is 10.2. The zero-order chi connectivity index (χ0) is 20.1. The number of anilines is 1. The maximum Gasteiger partial charge on any atom is 0.271 e. The normalized spacial score (nSPS) is 17.0. The first-order valence-corrected chi connectivity index (χ1v) is 9.76. The monoisotopic (exact) mass is 399 g/mol. The summed E-state index contributed by atoms with van der Waals surface area (Å²) in [6.07, 6.45) is 3.48. The molecule has 1 aliphatic rings. The van der Waals surface area contributed by atoms with Crippen molar-refractivity contribution < 1.29 is 9.90 Å². The van der Waals surface area contributed by atoms with Gasteiger partial charge in [0.15, 0.2) is 0 Å². The highest BCUT2D eigenvalue weighted by Crippen LogP contribution is 2.36. The molecule has 4 rings (SSSR count). The Kier molecular flexibility index (Phi) is 5.54. The Morgan fingerprint density at radius 1 is 0.828 bits per heavy atom. The minimum atomic E-state index is -0.182. The van der Waals surface area contributed by atoms with Crippen LogP contribution in [0.3, 0.4) is 0 Å². The highest BCUT2D eigenvalue weighted by atomic mass is 32.2. The first kappa shape index (κ1) is 18.7. The topological polar surface area (TPSA) is 65.3 Å². The number of aromatic hydroxyl groups is 1. The summed E-state index contributed by atoms with van der Waals surface area (Å²) in [7, 11) is 0. The van der Waals surface area contributed by atoms with E-state index in [0.717, 1.165) is 11.1 Å². The van der Waals surface area contributed by atoms with Gasteiger partial charge in [0.05, 0.1) is 16.8 Å². The van der Waals surface area contributed by atoms with Crippen molar-refractivity contribution in [2.75, 3.05) is 4.90 Å². The molecule has 29 heavy (non-hydrogen) atoms. The quantitative estimate of drug-likeness (QED) is 0.385. The Balaban J connectivity index is 1.69. The zero-order valence-corrected chi connectivity index (χ0v) is 16.2. The summed E-state index contributed by atoms with van der Waals surface area (Å²) in [5, 5.41) is 18.5. The van der Waals surface area contributed by atoms with Gasteiger partial charge in [-0.15, -0.1) is 5.10 Å². The van der Waals surface area contributed by atoms with Gasteiger partial charge in [-0.1, -0.05) is 60.7 Å². The van der Waals surface area contributed by atoms with Gasteiger partial charge in [-0.05, 0) is 53.2 Å². The van der Waals surface area contributed by atoms with Crippen molar-refractivity contribution in [3.63, 3.8) is 0 Å². The molecule has 0 aromatic heterocycles. The summed E-state index contributed by atoms with van der Waals surface area (Å²) in [6.45, 7) is 0. The van der Waals surface area contributed by atoms with Gasteiger partial charge >= 0.3 is 0 Å². The number of hydrogen-bond acceptors (Lipinski definition) is 5. The van der Waals surface area contributed by atoms with Crippen LogP contribution in [0.2, 0.25) is 0 Å².